The van der Waals surface area contributed by atoms with Gasteiger partial charge in [0.25, 0.3) is 0 Å². The molecule has 11 heteroatoms. The third-order valence-corrected chi connectivity index (χ3v) is 9.69. The summed E-state index contributed by atoms with van der Waals surface area (Å²) in [5.41, 5.74) is 7.57. The van der Waals surface area contributed by atoms with Crippen LogP contribution in [0, 0.1) is 23.2 Å². The zero-order valence-corrected chi connectivity index (χ0v) is 30.0. The topological polar surface area (TPSA) is 146 Å². The number of ether oxygens (including phenoxy) is 3. The molecule has 266 valence electrons. The summed E-state index contributed by atoms with van der Waals surface area (Å²) in [5, 5.41) is 5.95. The number of nitrogens with one attached hydrogen (secondary N) is 2. The van der Waals surface area contributed by atoms with Gasteiger partial charge in [0.2, 0.25) is 11.8 Å². The van der Waals surface area contributed by atoms with Crippen LogP contribution in [-0.2, 0) is 41.6 Å². The molecule has 1 fully saturated rings. The van der Waals surface area contributed by atoms with E-state index < -0.39 is 47.4 Å². The molecule has 0 spiro atoms. The fraction of sp³-hybridized carbons (Fsp3) is 0.526. The van der Waals surface area contributed by atoms with Crippen molar-refractivity contribution < 1.29 is 33.4 Å². The van der Waals surface area contributed by atoms with Crippen LogP contribution in [-0.4, -0.2) is 55.7 Å². The van der Waals surface area contributed by atoms with Gasteiger partial charge in [0.1, 0.15) is 17.9 Å². The van der Waals surface area contributed by atoms with Crippen molar-refractivity contribution in [2.75, 3.05) is 13.7 Å². The fourth-order valence-electron chi connectivity index (χ4n) is 6.17. The number of carbonyl (C=O) groups excluding carboxylic acids is 4. The molecule has 1 saturated carbocycles. The number of methoxy groups -OCH3 is 1. The number of hydrogen-bond donors (Lipinski definition) is 3. The number of carbonyl (C=O) groups is 4. The number of benzene rings is 2. The Hall–Kier alpha value is -3.89. The number of hydrogen-bond acceptors (Lipinski definition) is 8. The summed E-state index contributed by atoms with van der Waals surface area (Å²) in [6.07, 6.45) is 2.94. The molecule has 6 atom stereocenters. The third kappa shape index (κ3) is 10.3. The fourth-order valence-corrected chi connectivity index (χ4v) is 6.45. The van der Waals surface area contributed by atoms with E-state index in [2.05, 4.69) is 29.7 Å². The SMILES string of the molecule is COc1ccc(C[C@H]2NC(=O)/C=C/C[C@@H]([C@H](C)[C@H]3C[C@@H]3c3ccc(CN)cc3)OC(=O)[C@H](CC(C)C)OC(=O)C(C)(C)CNC2=O)cc1Cl. The smallest absolute Gasteiger partial charge is 0.347 e. The van der Waals surface area contributed by atoms with Crippen molar-refractivity contribution >= 4 is 35.4 Å². The lowest BCUT2D eigenvalue weighted by molar-refractivity contribution is -0.179. The highest BCUT2D eigenvalue weighted by molar-refractivity contribution is 6.32. The average Bonchev–Trinajstić information content (AvgIpc) is 3.86. The van der Waals surface area contributed by atoms with Gasteiger partial charge < -0.3 is 30.6 Å². The van der Waals surface area contributed by atoms with E-state index in [4.69, 9.17) is 31.5 Å². The van der Waals surface area contributed by atoms with Gasteiger partial charge in [-0.05, 0) is 85.3 Å². The summed E-state index contributed by atoms with van der Waals surface area (Å²) >= 11 is 6.33. The molecular formula is C38H50ClN3O7. The van der Waals surface area contributed by atoms with Crippen LogP contribution in [0.25, 0.3) is 0 Å². The molecule has 1 aliphatic carbocycles. The van der Waals surface area contributed by atoms with E-state index in [1.165, 1.54) is 18.7 Å². The minimum atomic E-state index is -1.19. The van der Waals surface area contributed by atoms with Crippen LogP contribution in [0.2, 0.25) is 5.02 Å². The van der Waals surface area contributed by atoms with Crippen LogP contribution in [0.5, 0.6) is 5.75 Å². The van der Waals surface area contributed by atoms with Gasteiger partial charge in [0.05, 0.1) is 17.5 Å². The van der Waals surface area contributed by atoms with Crippen LogP contribution in [0.1, 0.15) is 76.5 Å². The molecule has 10 nitrogen and oxygen atoms in total. The van der Waals surface area contributed by atoms with E-state index in [0.717, 1.165) is 12.0 Å². The molecule has 1 aliphatic heterocycles. The lowest BCUT2D eigenvalue weighted by Gasteiger charge is -2.30. The Kier molecular flexibility index (Phi) is 12.9. The Morgan fingerprint density at radius 1 is 1.02 bits per heavy atom. The zero-order chi connectivity index (χ0) is 35.9. The highest BCUT2D eigenvalue weighted by Gasteiger charge is 2.46. The minimum absolute atomic E-state index is 0.0368. The first-order valence-corrected chi connectivity index (χ1v) is 17.4. The molecule has 0 aromatic heterocycles. The van der Waals surface area contributed by atoms with Crippen molar-refractivity contribution in [2.24, 2.45) is 28.9 Å². The predicted molar refractivity (Wildman–Crippen MR) is 188 cm³/mol. The van der Waals surface area contributed by atoms with Gasteiger partial charge in [-0.1, -0.05) is 68.8 Å². The molecule has 2 amide bonds. The van der Waals surface area contributed by atoms with Crippen molar-refractivity contribution in [3.8, 4) is 5.75 Å². The monoisotopic (exact) mass is 695 g/mol. The van der Waals surface area contributed by atoms with Crippen LogP contribution < -0.4 is 21.1 Å². The van der Waals surface area contributed by atoms with Gasteiger partial charge in [0, 0.05) is 25.9 Å². The number of nitrogens with two attached hydrogens (primary N) is 1. The summed E-state index contributed by atoms with van der Waals surface area (Å²) in [6, 6.07) is 12.4. The van der Waals surface area contributed by atoms with Gasteiger partial charge in [0.15, 0.2) is 6.10 Å². The van der Waals surface area contributed by atoms with Crippen LogP contribution in [0.3, 0.4) is 0 Å². The second kappa shape index (κ2) is 16.7. The van der Waals surface area contributed by atoms with E-state index >= 15 is 0 Å². The summed E-state index contributed by atoms with van der Waals surface area (Å²) in [5.74, 6) is -1.19. The van der Waals surface area contributed by atoms with Crippen molar-refractivity contribution in [2.45, 2.75) is 91.0 Å². The molecule has 0 saturated heterocycles. The molecule has 0 radical (unpaired) electrons. The number of cyclic esters (lactones) is 2. The molecule has 1 heterocycles. The summed E-state index contributed by atoms with van der Waals surface area (Å²) in [6.45, 7) is 9.58. The number of rotatable bonds is 9. The van der Waals surface area contributed by atoms with E-state index in [-0.39, 0.29) is 43.6 Å². The van der Waals surface area contributed by atoms with E-state index in [9.17, 15) is 19.2 Å². The van der Waals surface area contributed by atoms with Gasteiger partial charge in [-0.15, -0.1) is 0 Å². The summed E-state index contributed by atoms with van der Waals surface area (Å²) in [4.78, 5) is 53.8. The molecular weight excluding hydrogens is 646 g/mol. The van der Waals surface area contributed by atoms with E-state index in [1.54, 1.807) is 38.1 Å². The van der Waals surface area contributed by atoms with Gasteiger partial charge >= 0.3 is 11.9 Å². The van der Waals surface area contributed by atoms with Crippen LogP contribution in [0.4, 0.5) is 0 Å². The molecule has 4 N–H and O–H groups in total. The highest BCUT2D eigenvalue weighted by atomic mass is 35.5. The first-order valence-electron chi connectivity index (χ1n) is 17.0. The normalized spacial score (nSPS) is 26.2. The maximum absolute atomic E-state index is 13.7. The van der Waals surface area contributed by atoms with Gasteiger partial charge in [-0.25, -0.2) is 4.79 Å². The van der Waals surface area contributed by atoms with E-state index in [0.29, 0.717) is 28.8 Å². The summed E-state index contributed by atoms with van der Waals surface area (Å²) < 4.78 is 17.2. The second-order valence-electron chi connectivity index (χ2n) is 14.3. The van der Waals surface area contributed by atoms with Crippen molar-refractivity contribution in [1.82, 2.24) is 10.6 Å². The maximum Gasteiger partial charge on any atom is 0.347 e. The predicted octanol–water partition coefficient (Wildman–Crippen LogP) is 5.25. The Labute approximate surface area is 294 Å². The molecule has 0 unspecified atom stereocenters. The summed E-state index contributed by atoms with van der Waals surface area (Å²) in [7, 11) is 1.51. The van der Waals surface area contributed by atoms with Crippen molar-refractivity contribution in [3.63, 3.8) is 0 Å². The largest absolute Gasteiger partial charge is 0.495 e. The number of esters is 2. The molecule has 2 aliphatic rings. The van der Waals surface area contributed by atoms with Crippen molar-refractivity contribution in [3.05, 3.63) is 76.3 Å². The Balaban J connectivity index is 1.60. The first-order chi connectivity index (χ1) is 23.2. The quantitative estimate of drug-likeness (QED) is 0.302. The van der Waals surface area contributed by atoms with Crippen molar-refractivity contribution in [1.29, 1.82) is 0 Å². The average molecular weight is 696 g/mol. The highest BCUT2D eigenvalue weighted by Crippen LogP contribution is 2.53. The van der Waals surface area contributed by atoms with Crippen LogP contribution in [0.15, 0.2) is 54.6 Å². The number of amides is 2. The molecule has 4 rings (SSSR count). The van der Waals surface area contributed by atoms with Gasteiger partial charge in [-0.2, -0.15) is 0 Å². The first kappa shape index (κ1) is 37.9. The Morgan fingerprint density at radius 2 is 1.71 bits per heavy atom. The Bertz CT molecular complexity index is 1520. The van der Waals surface area contributed by atoms with E-state index in [1.807, 2.05) is 26.0 Å². The molecule has 0 bridgehead atoms. The third-order valence-electron chi connectivity index (χ3n) is 9.39. The van der Waals surface area contributed by atoms with Crippen LogP contribution >= 0.6 is 11.6 Å². The zero-order valence-electron chi connectivity index (χ0n) is 29.3. The maximum atomic E-state index is 13.7. The minimum Gasteiger partial charge on any atom is -0.495 e. The standard InChI is InChI=1S/C38H50ClN3O7/c1-22(2)16-33-36(45)48-31(23(3)27-19-28(27)26-13-10-24(20-40)11-14-26)8-7-9-34(43)42-30(18-25-12-15-32(47-6)29(39)17-25)35(44)41-21-38(4,5)37(46)49-33/h7,9-15,17,22-23,27-28,30-31,33H,8,16,18-21,40H2,1-6H3,(H,41,44)(H,42,43)/b9-7+/t23-,27-,28-,30-,31+,33+/m1/s1. The lowest BCUT2D eigenvalue weighted by Crippen LogP contribution is -2.51. The molecule has 49 heavy (non-hydrogen) atoms. The second-order valence-corrected chi connectivity index (χ2v) is 14.7. The molecule has 2 aromatic carbocycles. The molecule has 2 aromatic rings. The van der Waals surface area contributed by atoms with Gasteiger partial charge in [-0.3, -0.25) is 14.4 Å². The lowest BCUT2D eigenvalue weighted by atomic mass is 9.92. The Morgan fingerprint density at radius 3 is 2.35 bits per heavy atom. The number of halogens is 1.